The van der Waals surface area contributed by atoms with Crippen molar-refractivity contribution in [2.24, 2.45) is 0 Å². The van der Waals surface area contributed by atoms with E-state index in [9.17, 15) is 4.79 Å². The predicted molar refractivity (Wildman–Crippen MR) is 66.1 cm³/mol. The van der Waals surface area contributed by atoms with Crippen molar-refractivity contribution in [2.75, 3.05) is 12.4 Å². The number of aromatic nitrogens is 1. The minimum atomic E-state index is -0.745. The molecular formula is C10H15ClN2O2S. The first-order valence-electron chi connectivity index (χ1n) is 4.99. The molecule has 0 saturated carbocycles. The number of methoxy groups -OCH3 is 1. The van der Waals surface area contributed by atoms with Crippen LogP contribution in [0, 0.1) is 0 Å². The van der Waals surface area contributed by atoms with Gasteiger partial charge in [0.05, 0.1) is 7.11 Å². The SMILES string of the molecule is CCCC(C)(Nc1nc(Cl)cs1)C(=O)OC. The van der Waals surface area contributed by atoms with E-state index in [0.29, 0.717) is 16.7 Å². The van der Waals surface area contributed by atoms with E-state index in [1.54, 1.807) is 12.3 Å². The van der Waals surface area contributed by atoms with Crippen LogP contribution in [0.3, 0.4) is 0 Å². The number of hydrogen-bond donors (Lipinski definition) is 1. The fourth-order valence-electron chi connectivity index (χ4n) is 1.49. The van der Waals surface area contributed by atoms with Gasteiger partial charge in [0.15, 0.2) is 5.13 Å². The normalized spacial score (nSPS) is 14.2. The van der Waals surface area contributed by atoms with Crippen molar-refractivity contribution in [3.05, 3.63) is 10.5 Å². The molecule has 1 heterocycles. The van der Waals surface area contributed by atoms with Crippen molar-refractivity contribution in [1.82, 2.24) is 4.98 Å². The zero-order chi connectivity index (χ0) is 12.2. The number of nitrogens with one attached hydrogen (secondary N) is 1. The highest BCUT2D eigenvalue weighted by atomic mass is 35.5. The number of anilines is 1. The molecule has 1 atom stereocenters. The number of thiazole rings is 1. The Bertz CT molecular complexity index is 369. The maximum absolute atomic E-state index is 11.7. The Morgan fingerprint density at radius 3 is 2.88 bits per heavy atom. The molecule has 0 radical (unpaired) electrons. The lowest BCUT2D eigenvalue weighted by molar-refractivity contribution is -0.145. The van der Waals surface area contributed by atoms with Gasteiger partial charge in [0.25, 0.3) is 0 Å². The smallest absolute Gasteiger partial charge is 0.331 e. The Morgan fingerprint density at radius 2 is 2.44 bits per heavy atom. The van der Waals surface area contributed by atoms with Crippen LogP contribution < -0.4 is 5.32 Å². The molecule has 1 rings (SSSR count). The van der Waals surface area contributed by atoms with Gasteiger partial charge in [-0.2, -0.15) is 0 Å². The number of carbonyl (C=O) groups excluding carboxylic acids is 1. The lowest BCUT2D eigenvalue weighted by atomic mass is 9.97. The Labute approximate surface area is 104 Å². The van der Waals surface area contributed by atoms with Gasteiger partial charge in [0, 0.05) is 5.38 Å². The summed E-state index contributed by atoms with van der Waals surface area (Å²) in [6.07, 6.45) is 1.55. The van der Waals surface area contributed by atoms with E-state index in [2.05, 4.69) is 10.3 Å². The first-order valence-corrected chi connectivity index (χ1v) is 6.25. The highest BCUT2D eigenvalue weighted by Crippen LogP contribution is 2.25. The Balaban J connectivity index is 2.82. The molecule has 0 fully saturated rings. The predicted octanol–water partition coefficient (Wildman–Crippen LogP) is 2.94. The fraction of sp³-hybridized carbons (Fsp3) is 0.600. The van der Waals surface area contributed by atoms with Crippen molar-refractivity contribution < 1.29 is 9.53 Å². The molecule has 1 unspecified atom stereocenters. The number of carbonyl (C=O) groups is 1. The molecule has 0 bridgehead atoms. The highest BCUT2D eigenvalue weighted by Gasteiger charge is 2.34. The maximum atomic E-state index is 11.7. The van der Waals surface area contributed by atoms with Crippen molar-refractivity contribution in [3.63, 3.8) is 0 Å². The number of hydrogen-bond acceptors (Lipinski definition) is 5. The second-order valence-corrected chi connectivity index (χ2v) is 4.92. The highest BCUT2D eigenvalue weighted by molar-refractivity contribution is 7.14. The van der Waals surface area contributed by atoms with Crippen LogP contribution in [0.5, 0.6) is 0 Å². The van der Waals surface area contributed by atoms with Crippen LogP contribution >= 0.6 is 22.9 Å². The third kappa shape index (κ3) is 3.09. The summed E-state index contributed by atoms with van der Waals surface area (Å²) in [6.45, 7) is 3.81. The molecule has 1 aromatic heterocycles. The Hall–Kier alpha value is -0.810. The maximum Gasteiger partial charge on any atom is 0.331 e. The summed E-state index contributed by atoms with van der Waals surface area (Å²) in [6, 6.07) is 0. The quantitative estimate of drug-likeness (QED) is 0.829. The van der Waals surface area contributed by atoms with Gasteiger partial charge in [-0.05, 0) is 13.3 Å². The number of esters is 1. The first kappa shape index (κ1) is 13.3. The molecule has 0 aliphatic carbocycles. The second-order valence-electron chi connectivity index (χ2n) is 3.67. The average Bonchev–Trinajstić information content (AvgIpc) is 2.62. The van der Waals surface area contributed by atoms with Crippen LogP contribution in [-0.2, 0) is 9.53 Å². The minimum absolute atomic E-state index is 0.291. The topological polar surface area (TPSA) is 51.2 Å². The molecule has 0 amide bonds. The van der Waals surface area contributed by atoms with Crippen LogP contribution in [0.25, 0.3) is 0 Å². The molecule has 0 aliphatic heterocycles. The van der Waals surface area contributed by atoms with Gasteiger partial charge in [-0.15, -0.1) is 11.3 Å². The van der Waals surface area contributed by atoms with E-state index in [-0.39, 0.29) is 5.97 Å². The Kier molecular flexibility index (Phi) is 4.56. The number of rotatable bonds is 5. The molecule has 0 spiro atoms. The molecule has 6 heteroatoms. The van der Waals surface area contributed by atoms with E-state index in [0.717, 1.165) is 6.42 Å². The second kappa shape index (κ2) is 5.50. The summed E-state index contributed by atoms with van der Waals surface area (Å²) in [4.78, 5) is 15.8. The molecule has 0 aliphatic rings. The van der Waals surface area contributed by atoms with Crippen molar-refractivity contribution in [2.45, 2.75) is 32.2 Å². The lowest BCUT2D eigenvalue weighted by Gasteiger charge is -2.27. The third-order valence-corrected chi connectivity index (χ3v) is 3.33. The molecule has 0 aromatic carbocycles. The van der Waals surface area contributed by atoms with E-state index >= 15 is 0 Å². The molecule has 1 N–H and O–H groups in total. The van der Waals surface area contributed by atoms with E-state index in [4.69, 9.17) is 16.3 Å². The Morgan fingerprint density at radius 1 is 1.75 bits per heavy atom. The summed E-state index contributed by atoms with van der Waals surface area (Å²) in [5.41, 5.74) is -0.745. The van der Waals surface area contributed by atoms with Crippen molar-refractivity contribution in [3.8, 4) is 0 Å². The monoisotopic (exact) mass is 262 g/mol. The number of ether oxygens (including phenoxy) is 1. The number of nitrogens with zero attached hydrogens (tertiary/aromatic N) is 1. The molecule has 16 heavy (non-hydrogen) atoms. The van der Waals surface area contributed by atoms with Gasteiger partial charge in [0.2, 0.25) is 0 Å². The summed E-state index contributed by atoms with van der Waals surface area (Å²) in [7, 11) is 1.38. The van der Waals surface area contributed by atoms with Crippen LogP contribution in [0.4, 0.5) is 5.13 Å². The average molecular weight is 263 g/mol. The van der Waals surface area contributed by atoms with Gasteiger partial charge in [-0.3, -0.25) is 0 Å². The van der Waals surface area contributed by atoms with Crippen molar-refractivity contribution >= 4 is 34.0 Å². The minimum Gasteiger partial charge on any atom is -0.467 e. The van der Waals surface area contributed by atoms with Crippen LogP contribution in [0.1, 0.15) is 26.7 Å². The van der Waals surface area contributed by atoms with Gasteiger partial charge >= 0.3 is 5.97 Å². The zero-order valence-electron chi connectivity index (χ0n) is 9.54. The standard InChI is InChI=1S/C10H15ClN2O2S/c1-4-5-10(2,8(14)15-3)13-9-12-7(11)6-16-9/h6H,4-5H2,1-3H3,(H,12,13). The van der Waals surface area contributed by atoms with Gasteiger partial charge in [-0.1, -0.05) is 24.9 Å². The molecule has 4 nitrogen and oxygen atoms in total. The van der Waals surface area contributed by atoms with Gasteiger partial charge < -0.3 is 10.1 Å². The first-order chi connectivity index (χ1) is 7.51. The summed E-state index contributed by atoms with van der Waals surface area (Å²) >= 11 is 7.09. The van der Waals surface area contributed by atoms with Crippen LogP contribution in [0.2, 0.25) is 5.15 Å². The largest absolute Gasteiger partial charge is 0.467 e. The van der Waals surface area contributed by atoms with E-state index < -0.39 is 5.54 Å². The summed E-state index contributed by atoms with van der Waals surface area (Å²) in [5.74, 6) is -0.291. The fourth-order valence-corrected chi connectivity index (χ4v) is 2.45. The van der Waals surface area contributed by atoms with E-state index in [1.807, 2.05) is 6.92 Å². The lowest BCUT2D eigenvalue weighted by Crippen LogP contribution is -2.44. The molecular weight excluding hydrogens is 248 g/mol. The summed E-state index contributed by atoms with van der Waals surface area (Å²) in [5, 5.41) is 5.85. The molecule has 0 saturated heterocycles. The zero-order valence-corrected chi connectivity index (χ0v) is 11.1. The van der Waals surface area contributed by atoms with Gasteiger partial charge in [-0.25, -0.2) is 9.78 Å². The van der Waals surface area contributed by atoms with Crippen LogP contribution in [0.15, 0.2) is 5.38 Å². The van der Waals surface area contributed by atoms with Gasteiger partial charge in [0.1, 0.15) is 10.7 Å². The molecule has 90 valence electrons. The van der Waals surface area contributed by atoms with Crippen LogP contribution in [-0.4, -0.2) is 23.6 Å². The summed E-state index contributed by atoms with van der Waals surface area (Å²) < 4.78 is 4.79. The number of halogens is 1. The molecule has 1 aromatic rings. The van der Waals surface area contributed by atoms with E-state index in [1.165, 1.54) is 18.4 Å². The third-order valence-electron chi connectivity index (χ3n) is 2.24. The van der Waals surface area contributed by atoms with Crippen molar-refractivity contribution in [1.29, 1.82) is 0 Å².